The summed E-state index contributed by atoms with van der Waals surface area (Å²) >= 11 is 0. The molecule has 0 fully saturated rings. The number of nitrogens with one attached hydrogen (secondary N) is 1. The van der Waals surface area contributed by atoms with Crippen LogP contribution in [0.4, 0.5) is 0 Å². The summed E-state index contributed by atoms with van der Waals surface area (Å²) in [4.78, 5) is 22.9. The molecule has 0 bridgehead atoms. The molecule has 1 heterocycles. The van der Waals surface area contributed by atoms with E-state index in [0.717, 1.165) is 5.41 Å². The molecule has 0 saturated carbocycles. The highest BCUT2D eigenvalue weighted by atomic mass is 32.2. The van der Waals surface area contributed by atoms with Crippen LogP contribution in [-0.4, -0.2) is 37.7 Å². The topological polar surface area (TPSA) is 89.5 Å². The quantitative estimate of drug-likeness (QED) is 0.763. The number of hydrogen-bond donors (Lipinski definition) is 1. The van der Waals surface area contributed by atoms with Crippen LogP contribution in [0.15, 0.2) is 11.5 Å². The predicted octanol–water partition coefficient (Wildman–Crippen LogP) is 0.535. The number of esters is 1. The van der Waals surface area contributed by atoms with Gasteiger partial charge in [-0.15, -0.1) is 0 Å². The van der Waals surface area contributed by atoms with Crippen molar-refractivity contribution >= 4 is 21.7 Å². The highest BCUT2D eigenvalue weighted by Crippen LogP contribution is 2.10. The Balaban J connectivity index is 2.30. The molecule has 1 N–H and O–H groups in total. The monoisotopic (exact) mass is 289 g/mol. The lowest BCUT2D eigenvalue weighted by Crippen LogP contribution is -2.35. The Kier molecular flexibility index (Phi) is 4.73. The fourth-order valence-corrected chi connectivity index (χ4v) is 2.79. The molecule has 6 nitrogen and oxygen atoms in total. The third-order valence-corrected chi connectivity index (χ3v) is 3.65. The highest BCUT2D eigenvalue weighted by Gasteiger charge is 2.23. The maximum atomic E-state index is 11.5. The predicted molar refractivity (Wildman–Crippen MR) is 69.9 cm³/mol. The Hall–Kier alpha value is -1.37. The molecule has 0 saturated heterocycles. The molecule has 0 aliphatic carbocycles. The molecule has 1 amide bonds. The zero-order valence-corrected chi connectivity index (χ0v) is 12.1. The van der Waals surface area contributed by atoms with E-state index in [1.807, 2.05) is 0 Å². The number of carbonyl (C=O) groups excluding carboxylic acids is 2. The number of ether oxygens (including phenoxy) is 1. The molecule has 0 aromatic carbocycles. The van der Waals surface area contributed by atoms with Gasteiger partial charge < -0.3 is 10.1 Å². The van der Waals surface area contributed by atoms with Crippen molar-refractivity contribution < 1.29 is 22.7 Å². The summed E-state index contributed by atoms with van der Waals surface area (Å²) in [6, 6.07) is -0.504. The van der Waals surface area contributed by atoms with Crippen LogP contribution in [0.1, 0.15) is 33.6 Å². The Bertz CT molecular complexity index is 487. The van der Waals surface area contributed by atoms with Crippen molar-refractivity contribution in [3.63, 3.8) is 0 Å². The maximum absolute atomic E-state index is 11.5. The molecule has 1 unspecified atom stereocenters. The normalized spacial score (nSPS) is 21.1. The summed E-state index contributed by atoms with van der Waals surface area (Å²) in [5.74, 6) is -0.930. The number of carbonyl (C=O) groups is 2. The van der Waals surface area contributed by atoms with Crippen molar-refractivity contribution in [3.05, 3.63) is 11.5 Å². The zero-order valence-electron chi connectivity index (χ0n) is 11.3. The Labute approximate surface area is 113 Å². The van der Waals surface area contributed by atoms with Crippen LogP contribution < -0.4 is 5.32 Å². The Morgan fingerprint density at radius 2 is 1.95 bits per heavy atom. The summed E-state index contributed by atoms with van der Waals surface area (Å²) in [7, 11) is -3.18. The van der Waals surface area contributed by atoms with Gasteiger partial charge in [-0.25, -0.2) is 8.42 Å². The third-order valence-electron chi connectivity index (χ3n) is 2.25. The van der Waals surface area contributed by atoms with E-state index in [0.29, 0.717) is 0 Å². The first kappa shape index (κ1) is 15.7. The largest absolute Gasteiger partial charge is 0.460 e. The molecule has 0 spiro atoms. The van der Waals surface area contributed by atoms with Gasteiger partial charge in [0.05, 0.1) is 18.2 Å². The molecular weight excluding hydrogens is 270 g/mol. The van der Waals surface area contributed by atoms with E-state index in [9.17, 15) is 18.0 Å². The highest BCUT2D eigenvalue weighted by molar-refractivity contribution is 7.94. The van der Waals surface area contributed by atoms with E-state index in [2.05, 4.69) is 5.32 Å². The average molecular weight is 289 g/mol. The first-order chi connectivity index (χ1) is 8.57. The minimum Gasteiger partial charge on any atom is -0.460 e. The Morgan fingerprint density at radius 1 is 1.32 bits per heavy atom. The van der Waals surface area contributed by atoms with Crippen LogP contribution in [-0.2, 0) is 24.2 Å². The van der Waals surface area contributed by atoms with E-state index in [4.69, 9.17) is 4.74 Å². The van der Waals surface area contributed by atoms with Crippen molar-refractivity contribution in [3.8, 4) is 0 Å². The van der Waals surface area contributed by atoms with Gasteiger partial charge in [0.15, 0.2) is 9.84 Å². The second kappa shape index (κ2) is 5.73. The minimum absolute atomic E-state index is 0.0146. The number of hydrogen-bond acceptors (Lipinski definition) is 5. The molecular formula is C12H19NO5S. The smallest absolute Gasteiger partial charge is 0.306 e. The molecule has 7 heteroatoms. The van der Waals surface area contributed by atoms with Gasteiger partial charge in [-0.2, -0.15) is 0 Å². The first-order valence-corrected chi connectivity index (χ1v) is 7.71. The lowest BCUT2D eigenvalue weighted by molar-refractivity contribution is -0.155. The summed E-state index contributed by atoms with van der Waals surface area (Å²) in [6.45, 7) is 5.25. The van der Waals surface area contributed by atoms with Crippen LogP contribution in [0.25, 0.3) is 0 Å². The molecule has 0 aromatic heterocycles. The van der Waals surface area contributed by atoms with E-state index in [-0.39, 0.29) is 24.5 Å². The maximum Gasteiger partial charge on any atom is 0.306 e. The first-order valence-electron chi connectivity index (χ1n) is 5.99. The van der Waals surface area contributed by atoms with E-state index in [1.165, 1.54) is 6.08 Å². The van der Waals surface area contributed by atoms with Gasteiger partial charge in [0.2, 0.25) is 5.91 Å². The summed E-state index contributed by atoms with van der Waals surface area (Å²) < 4.78 is 27.3. The fourth-order valence-electron chi connectivity index (χ4n) is 1.55. The molecule has 108 valence electrons. The van der Waals surface area contributed by atoms with Gasteiger partial charge in [0, 0.05) is 11.8 Å². The van der Waals surface area contributed by atoms with Gasteiger partial charge in [-0.3, -0.25) is 9.59 Å². The summed E-state index contributed by atoms with van der Waals surface area (Å²) in [6.07, 6.45) is 1.40. The van der Waals surface area contributed by atoms with Gasteiger partial charge in [-0.05, 0) is 26.8 Å². The molecule has 1 aliphatic rings. The third kappa shape index (κ3) is 6.37. The van der Waals surface area contributed by atoms with Gasteiger partial charge >= 0.3 is 5.97 Å². The molecule has 19 heavy (non-hydrogen) atoms. The van der Waals surface area contributed by atoms with Crippen molar-refractivity contribution in [2.45, 2.75) is 45.3 Å². The average Bonchev–Trinajstić information content (AvgIpc) is 2.52. The number of amides is 1. The van der Waals surface area contributed by atoms with E-state index >= 15 is 0 Å². The van der Waals surface area contributed by atoms with Crippen LogP contribution in [0.3, 0.4) is 0 Å². The van der Waals surface area contributed by atoms with Crippen LogP contribution in [0.2, 0.25) is 0 Å². The molecule has 0 radical (unpaired) electrons. The van der Waals surface area contributed by atoms with E-state index in [1.54, 1.807) is 20.8 Å². The van der Waals surface area contributed by atoms with Crippen molar-refractivity contribution in [2.75, 3.05) is 5.75 Å². The van der Waals surface area contributed by atoms with Crippen molar-refractivity contribution in [1.29, 1.82) is 0 Å². The van der Waals surface area contributed by atoms with Gasteiger partial charge in [0.25, 0.3) is 0 Å². The van der Waals surface area contributed by atoms with Crippen LogP contribution >= 0.6 is 0 Å². The minimum atomic E-state index is -3.18. The number of sulfone groups is 1. The van der Waals surface area contributed by atoms with Gasteiger partial charge in [-0.1, -0.05) is 0 Å². The lowest BCUT2D eigenvalue weighted by Gasteiger charge is -2.19. The lowest BCUT2D eigenvalue weighted by atomic mass is 10.2. The van der Waals surface area contributed by atoms with Crippen molar-refractivity contribution in [2.24, 2.45) is 0 Å². The standard InChI is InChI=1S/C12H19NO5S/c1-12(2,3)18-11(15)5-4-10(14)13-9-6-7-19(16,17)8-9/h6-7,9H,4-5,8H2,1-3H3,(H,13,14). The van der Waals surface area contributed by atoms with Crippen LogP contribution in [0.5, 0.6) is 0 Å². The summed E-state index contributed by atoms with van der Waals surface area (Å²) in [5, 5.41) is 3.63. The number of rotatable bonds is 4. The second-order valence-corrected chi connectivity index (χ2v) is 7.35. The SMILES string of the molecule is CC(C)(C)OC(=O)CCC(=O)NC1C=CS(=O)(=O)C1. The second-order valence-electron chi connectivity index (χ2n) is 5.42. The molecule has 1 rings (SSSR count). The molecule has 0 aromatic rings. The molecule has 1 aliphatic heterocycles. The zero-order chi connectivity index (χ0) is 14.7. The van der Waals surface area contributed by atoms with Crippen LogP contribution in [0, 0.1) is 0 Å². The fraction of sp³-hybridized carbons (Fsp3) is 0.667. The Morgan fingerprint density at radius 3 is 2.42 bits per heavy atom. The van der Waals surface area contributed by atoms with Gasteiger partial charge in [0.1, 0.15) is 5.60 Å². The van der Waals surface area contributed by atoms with E-state index < -0.39 is 27.4 Å². The summed E-state index contributed by atoms with van der Waals surface area (Å²) in [5.41, 5.74) is -0.574. The molecule has 1 atom stereocenters. The van der Waals surface area contributed by atoms with Crippen molar-refractivity contribution in [1.82, 2.24) is 5.32 Å².